The van der Waals surface area contributed by atoms with E-state index in [1.165, 1.54) is 5.56 Å². The third-order valence-electron chi connectivity index (χ3n) is 4.34. The zero-order valence-electron chi connectivity index (χ0n) is 11.4. The van der Waals surface area contributed by atoms with Crippen LogP contribution >= 0.6 is 0 Å². The number of hydrogen-bond acceptors (Lipinski definition) is 2. The maximum atomic E-state index is 12.2. The summed E-state index contributed by atoms with van der Waals surface area (Å²) in [5, 5.41) is 6.62. The fourth-order valence-electron chi connectivity index (χ4n) is 3.09. The predicted molar refractivity (Wildman–Crippen MR) is 75.9 cm³/mol. The highest BCUT2D eigenvalue weighted by Crippen LogP contribution is 2.40. The molecule has 3 nitrogen and oxygen atoms in total. The third kappa shape index (κ3) is 2.98. The van der Waals surface area contributed by atoms with E-state index in [1.807, 2.05) is 6.07 Å². The van der Waals surface area contributed by atoms with E-state index in [9.17, 15) is 4.79 Å². The lowest BCUT2D eigenvalue weighted by atomic mass is 9.92. The van der Waals surface area contributed by atoms with Crippen LogP contribution in [0.3, 0.4) is 0 Å². The molecule has 0 spiro atoms. The fourth-order valence-corrected chi connectivity index (χ4v) is 3.09. The highest BCUT2D eigenvalue weighted by atomic mass is 16.2. The molecule has 2 N–H and O–H groups in total. The molecule has 19 heavy (non-hydrogen) atoms. The summed E-state index contributed by atoms with van der Waals surface area (Å²) in [5.74, 6) is 0.995. The quantitative estimate of drug-likeness (QED) is 0.871. The molecule has 1 amide bonds. The Kier molecular flexibility index (Phi) is 3.56. The van der Waals surface area contributed by atoms with Gasteiger partial charge in [0.1, 0.15) is 0 Å². The lowest BCUT2D eigenvalue weighted by molar-refractivity contribution is -0.126. The highest BCUT2D eigenvalue weighted by molar-refractivity contribution is 5.79. The summed E-state index contributed by atoms with van der Waals surface area (Å²) in [6, 6.07) is 11.3. The summed E-state index contributed by atoms with van der Waals surface area (Å²) in [6.07, 6.45) is 3.03. The van der Waals surface area contributed by atoms with Gasteiger partial charge < -0.3 is 10.6 Å². The van der Waals surface area contributed by atoms with E-state index in [1.54, 1.807) is 0 Å². The maximum Gasteiger partial charge on any atom is 0.223 e. The molecule has 3 heteroatoms. The van der Waals surface area contributed by atoms with Gasteiger partial charge in [-0.2, -0.15) is 0 Å². The Morgan fingerprint density at radius 2 is 2.05 bits per heavy atom. The first-order valence-corrected chi connectivity index (χ1v) is 7.32. The first kappa shape index (κ1) is 12.7. The number of piperidine rings is 1. The normalized spacial score (nSPS) is 33.7. The highest BCUT2D eigenvalue weighted by Gasteiger charge is 2.40. The minimum Gasteiger partial charge on any atom is -0.352 e. The molecule has 1 aromatic carbocycles. The second-order valence-electron chi connectivity index (χ2n) is 5.94. The van der Waals surface area contributed by atoms with Gasteiger partial charge in [-0.15, -0.1) is 0 Å². The summed E-state index contributed by atoms with van der Waals surface area (Å²) < 4.78 is 0. The van der Waals surface area contributed by atoms with Crippen molar-refractivity contribution in [2.24, 2.45) is 5.92 Å². The van der Waals surface area contributed by atoms with E-state index in [0.717, 1.165) is 25.8 Å². The van der Waals surface area contributed by atoms with Gasteiger partial charge in [0.05, 0.1) is 0 Å². The molecule has 1 saturated heterocycles. The SMILES string of the molecule is C[C@H]1C[C@@H](C(=O)NC2CC2c2ccccc2)CCN1. The average molecular weight is 258 g/mol. The number of carbonyl (C=O) groups excluding carboxylic acids is 1. The van der Waals surface area contributed by atoms with Crippen LogP contribution in [0.15, 0.2) is 30.3 Å². The standard InChI is InChI=1S/C16H22N2O/c1-11-9-13(7-8-17-11)16(19)18-15-10-14(15)12-5-3-2-4-6-12/h2-6,11,13-15,17H,7-10H2,1H3,(H,18,19)/t11-,13-,14?,15?/m0/s1. The van der Waals surface area contributed by atoms with Crippen molar-refractivity contribution in [1.29, 1.82) is 0 Å². The molecule has 1 aliphatic heterocycles. The fraction of sp³-hybridized carbons (Fsp3) is 0.562. The molecular weight excluding hydrogens is 236 g/mol. The number of amides is 1. The summed E-state index contributed by atoms with van der Waals surface area (Å²) in [6.45, 7) is 3.12. The molecule has 4 atom stereocenters. The van der Waals surface area contributed by atoms with Crippen molar-refractivity contribution in [1.82, 2.24) is 10.6 Å². The largest absolute Gasteiger partial charge is 0.352 e. The number of rotatable bonds is 3. The van der Waals surface area contributed by atoms with Gasteiger partial charge in [-0.25, -0.2) is 0 Å². The van der Waals surface area contributed by atoms with Gasteiger partial charge >= 0.3 is 0 Å². The van der Waals surface area contributed by atoms with Crippen LogP contribution in [-0.2, 0) is 4.79 Å². The van der Waals surface area contributed by atoms with Gasteiger partial charge in [-0.05, 0) is 38.3 Å². The Morgan fingerprint density at radius 1 is 1.26 bits per heavy atom. The van der Waals surface area contributed by atoms with Crippen LogP contribution in [-0.4, -0.2) is 24.5 Å². The lowest BCUT2D eigenvalue weighted by Gasteiger charge is -2.27. The molecule has 3 rings (SSSR count). The van der Waals surface area contributed by atoms with E-state index in [2.05, 4.69) is 41.8 Å². The molecule has 2 fully saturated rings. The van der Waals surface area contributed by atoms with Crippen molar-refractivity contribution >= 4 is 5.91 Å². The van der Waals surface area contributed by atoms with Gasteiger partial charge in [0.2, 0.25) is 5.91 Å². The van der Waals surface area contributed by atoms with Gasteiger partial charge in [0, 0.05) is 23.9 Å². The number of benzene rings is 1. The topological polar surface area (TPSA) is 41.1 Å². The van der Waals surface area contributed by atoms with Crippen LogP contribution in [0.1, 0.15) is 37.7 Å². The Hall–Kier alpha value is -1.35. The van der Waals surface area contributed by atoms with Crippen molar-refractivity contribution < 1.29 is 4.79 Å². The van der Waals surface area contributed by atoms with Crippen LogP contribution in [0.5, 0.6) is 0 Å². The van der Waals surface area contributed by atoms with Gasteiger partial charge in [-0.1, -0.05) is 30.3 Å². The minimum atomic E-state index is 0.202. The van der Waals surface area contributed by atoms with Crippen molar-refractivity contribution in [3.8, 4) is 0 Å². The van der Waals surface area contributed by atoms with Gasteiger partial charge in [0.25, 0.3) is 0 Å². The minimum absolute atomic E-state index is 0.202. The van der Waals surface area contributed by atoms with E-state index >= 15 is 0 Å². The van der Waals surface area contributed by atoms with Crippen molar-refractivity contribution in [2.75, 3.05) is 6.54 Å². The van der Waals surface area contributed by atoms with Crippen LogP contribution in [0.4, 0.5) is 0 Å². The molecule has 1 saturated carbocycles. The van der Waals surface area contributed by atoms with Crippen molar-refractivity contribution in [3.63, 3.8) is 0 Å². The average Bonchev–Trinajstić information content (AvgIpc) is 3.19. The third-order valence-corrected chi connectivity index (χ3v) is 4.34. The molecule has 1 aliphatic carbocycles. The monoisotopic (exact) mass is 258 g/mol. The Morgan fingerprint density at radius 3 is 2.79 bits per heavy atom. The molecule has 0 bridgehead atoms. The lowest BCUT2D eigenvalue weighted by Crippen LogP contribution is -2.43. The smallest absolute Gasteiger partial charge is 0.223 e. The molecule has 0 aromatic heterocycles. The van der Waals surface area contributed by atoms with E-state index in [0.29, 0.717) is 18.0 Å². The molecule has 2 aliphatic rings. The Balaban J connectivity index is 1.52. The first-order valence-electron chi connectivity index (χ1n) is 7.32. The predicted octanol–water partition coefficient (Wildman–Crippen LogP) is 2.05. The number of carbonyl (C=O) groups is 1. The molecule has 1 heterocycles. The second kappa shape index (κ2) is 5.33. The zero-order valence-corrected chi connectivity index (χ0v) is 11.4. The molecule has 102 valence electrons. The van der Waals surface area contributed by atoms with Crippen molar-refractivity contribution in [3.05, 3.63) is 35.9 Å². The number of nitrogens with one attached hydrogen (secondary N) is 2. The molecule has 1 aromatic rings. The van der Waals surface area contributed by atoms with E-state index in [4.69, 9.17) is 0 Å². The molecule has 2 unspecified atom stereocenters. The Bertz CT molecular complexity index is 445. The second-order valence-corrected chi connectivity index (χ2v) is 5.94. The number of hydrogen-bond donors (Lipinski definition) is 2. The van der Waals surface area contributed by atoms with Crippen LogP contribution in [0.25, 0.3) is 0 Å². The Labute approximate surface area is 114 Å². The van der Waals surface area contributed by atoms with Crippen LogP contribution < -0.4 is 10.6 Å². The summed E-state index contributed by atoms with van der Waals surface area (Å²) in [4.78, 5) is 12.2. The van der Waals surface area contributed by atoms with Crippen LogP contribution in [0, 0.1) is 5.92 Å². The molecular formula is C16H22N2O. The summed E-state index contributed by atoms with van der Waals surface area (Å²) in [7, 11) is 0. The van der Waals surface area contributed by atoms with Crippen molar-refractivity contribution in [2.45, 2.75) is 44.2 Å². The zero-order chi connectivity index (χ0) is 13.2. The van der Waals surface area contributed by atoms with Crippen LogP contribution in [0.2, 0.25) is 0 Å². The summed E-state index contributed by atoms with van der Waals surface area (Å²) in [5.41, 5.74) is 1.35. The molecule has 0 radical (unpaired) electrons. The first-order chi connectivity index (χ1) is 9.24. The van der Waals surface area contributed by atoms with Gasteiger partial charge in [0.15, 0.2) is 0 Å². The summed E-state index contributed by atoms with van der Waals surface area (Å²) >= 11 is 0. The van der Waals surface area contributed by atoms with Gasteiger partial charge in [-0.3, -0.25) is 4.79 Å². The van der Waals surface area contributed by atoms with E-state index < -0.39 is 0 Å². The van der Waals surface area contributed by atoms with E-state index in [-0.39, 0.29) is 11.8 Å². The maximum absolute atomic E-state index is 12.2.